The number of benzene rings is 2. The van der Waals surface area contributed by atoms with Crippen LogP contribution in [0.5, 0.6) is 0 Å². The van der Waals surface area contributed by atoms with Crippen molar-refractivity contribution in [1.82, 2.24) is 0 Å². The van der Waals surface area contributed by atoms with Crippen LogP contribution in [0.15, 0.2) is 36.4 Å². The fraction of sp³-hybridized carbons (Fsp3) is 0.235. The predicted molar refractivity (Wildman–Crippen MR) is 83.4 cm³/mol. The molecule has 0 aromatic heterocycles. The van der Waals surface area contributed by atoms with Crippen molar-refractivity contribution >= 4 is 28.2 Å². The van der Waals surface area contributed by atoms with Crippen LogP contribution in [0.25, 0.3) is 16.8 Å². The molecule has 0 bridgehead atoms. The summed E-state index contributed by atoms with van der Waals surface area (Å²) in [5.74, 6) is 0. The molecule has 0 aliphatic heterocycles. The van der Waals surface area contributed by atoms with Crippen molar-refractivity contribution < 1.29 is 4.58 Å². The Balaban J connectivity index is 2.43. The number of hydrogen-bond donors (Lipinski definition) is 1. The predicted octanol–water partition coefficient (Wildman–Crippen LogP) is 3.36. The van der Waals surface area contributed by atoms with Crippen LogP contribution in [0.1, 0.15) is 18.1 Å². The summed E-state index contributed by atoms with van der Waals surface area (Å²) in [6.07, 6.45) is 4.42. The van der Waals surface area contributed by atoms with E-state index in [4.69, 9.17) is 0 Å². The molecule has 0 amide bonds. The minimum Gasteiger partial charge on any atom is -0.385 e. The molecule has 0 saturated carbocycles. The lowest BCUT2D eigenvalue weighted by Crippen LogP contribution is -2.17. The summed E-state index contributed by atoms with van der Waals surface area (Å²) in [6.45, 7) is 3.07. The lowest BCUT2D eigenvalue weighted by Gasteiger charge is -2.17. The highest BCUT2D eigenvalue weighted by molar-refractivity contribution is 6.23. The smallest absolute Gasteiger partial charge is 0.209 e. The summed E-state index contributed by atoms with van der Waals surface area (Å²) in [6, 6.07) is 10.9. The largest absolute Gasteiger partial charge is 0.385 e. The molecule has 0 spiro atoms. The Bertz CT molecular complexity index is 705. The molecule has 1 aliphatic rings. The van der Waals surface area contributed by atoms with Crippen molar-refractivity contribution in [2.24, 2.45) is 0 Å². The van der Waals surface area contributed by atoms with Gasteiger partial charge in [-0.25, -0.2) is 4.58 Å². The van der Waals surface area contributed by atoms with Crippen molar-refractivity contribution in [3.8, 4) is 0 Å². The van der Waals surface area contributed by atoms with E-state index in [0.29, 0.717) is 0 Å². The number of hydrogen-bond acceptors (Lipinski definition) is 1. The van der Waals surface area contributed by atoms with Crippen molar-refractivity contribution in [2.75, 3.05) is 26.0 Å². The summed E-state index contributed by atoms with van der Waals surface area (Å²) in [7, 11) is 4.20. The van der Waals surface area contributed by atoms with Gasteiger partial charge in [-0.2, -0.15) is 0 Å². The van der Waals surface area contributed by atoms with Gasteiger partial charge in [-0.1, -0.05) is 24.3 Å². The van der Waals surface area contributed by atoms with E-state index in [-0.39, 0.29) is 0 Å². The first-order valence-electron chi connectivity index (χ1n) is 6.74. The summed E-state index contributed by atoms with van der Waals surface area (Å²) in [4.78, 5) is 0. The van der Waals surface area contributed by atoms with Crippen LogP contribution in [0.3, 0.4) is 0 Å². The maximum Gasteiger partial charge on any atom is 0.209 e. The number of nitrogens with zero attached hydrogens (tertiary/aromatic N) is 1. The molecule has 2 nitrogen and oxygen atoms in total. The SMILES string of the molecule is CCNc1ccc2cccc3c2c1C(=[N+](C)C)C=C3. The Kier molecular flexibility index (Phi) is 2.86. The van der Waals surface area contributed by atoms with Gasteiger partial charge >= 0.3 is 0 Å². The zero-order chi connectivity index (χ0) is 13.4. The minimum absolute atomic E-state index is 0.936. The van der Waals surface area contributed by atoms with Crippen LogP contribution >= 0.6 is 0 Å². The number of anilines is 1. The molecule has 0 heterocycles. The van der Waals surface area contributed by atoms with E-state index in [2.05, 4.69) is 73.4 Å². The third-order valence-electron chi connectivity index (χ3n) is 3.60. The number of nitrogens with one attached hydrogen (secondary N) is 1. The number of rotatable bonds is 2. The fourth-order valence-electron chi connectivity index (χ4n) is 2.77. The molecule has 0 unspecified atom stereocenters. The van der Waals surface area contributed by atoms with Gasteiger partial charge in [0.2, 0.25) is 5.71 Å². The molecule has 0 saturated heterocycles. The molecule has 96 valence electrons. The molecular weight excluding hydrogens is 232 g/mol. The zero-order valence-corrected chi connectivity index (χ0v) is 11.7. The monoisotopic (exact) mass is 251 g/mol. The molecule has 0 atom stereocenters. The molecule has 2 aromatic rings. The standard InChI is InChI=1S/C17H18N2/c1-4-18-14-10-8-12-6-5-7-13-9-11-15(19(2)3)17(14)16(12)13/h5-11H,4H2,1-3H3/p+1. The minimum atomic E-state index is 0.936. The van der Waals surface area contributed by atoms with Crippen LogP contribution in [0.4, 0.5) is 5.69 Å². The maximum absolute atomic E-state index is 3.48. The maximum atomic E-state index is 3.48. The summed E-state index contributed by atoms with van der Waals surface area (Å²) in [5.41, 5.74) is 5.11. The lowest BCUT2D eigenvalue weighted by atomic mass is 9.90. The quantitative estimate of drug-likeness (QED) is 0.809. The molecule has 0 radical (unpaired) electrons. The zero-order valence-electron chi connectivity index (χ0n) is 11.7. The van der Waals surface area contributed by atoms with E-state index >= 15 is 0 Å². The third-order valence-corrected chi connectivity index (χ3v) is 3.60. The third kappa shape index (κ3) is 1.84. The molecule has 2 heteroatoms. The van der Waals surface area contributed by atoms with Crippen molar-refractivity contribution in [3.63, 3.8) is 0 Å². The Morgan fingerprint density at radius 1 is 1.05 bits per heavy atom. The van der Waals surface area contributed by atoms with Crippen LogP contribution in [-0.4, -0.2) is 30.9 Å². The van der Waals surface area contributed by atoms with Gasteiger partial charge < -0.3 is 5.32 Å². The molecule has 1 aliphatic carbocycles. The van der Waals surface area contributed by atoms with Crippen LogP contribution in [-0.2, 0) is 0 Å². The Morgan fingerprint density at radius 2 is 1.89 bits per heavy atom. The van der Waals surface area contributed by atoms with Gasteiger partial charge in [0, 0.05) is 23.7 Å². The topological polar surface area (TPSA) is 15.0 Å². The Morgan fingerprint density at radius 3 is 2.63 bits per heavy atom. The lowest BCUT2D eigenvalue weighted by molar-refractivity contribution is -0.462. The summed E-state index contributed by atoms with van der Waals surface area (Å²) < 4.78 is 2.18. The Labute approximate surface area is 114 Å². The van der Waals surface area contributed by atoms with E-state index in [1.807, 2.05) is 0 Å². The van der Waals surface area contributed by atoms with E-state index in [1.165, 1.54) is 33.3 Å². The average Bonchev–Trinajstić information content (AvgIpc) is 2.42. The molecule has 1 N–H and O–H groups in total. The second kappa shape index (κ2) is 4.54. The average molecular weight is 251 g/mol. The van der Waals surface area contributed by atoms with Gasteiger partial charge in [0.1, 0.15) is 14.1 Å². The second-order valence-electron chi connectivity index (χ2n) is 5.08. The van der Waals surface area contributed by atoms with E-state index in [9.17, 15) is 0 Å². The first-order valence-corrected chi connectivity index (χ1v) is 6.74. The normalized spacial score (nSPS) is 12.9. The second-order valence-corrected chi connectivity index (χ2v) is 5.08. The fourth-order valence-corrected chi connectivity index (χ4v) is 2.77. The van der Waals surface area contributed by atoms with Gasteiger partial charge in [0.15, 0.2) is 0 Å². The van der Waals surface area contributed by atoms with E-state index in [1.54, 1.807) is 0 Å². The molecule has 19 heavy (non-hydrogen) atoms. The highest BCUT2D eigenvalue weighted by Gasteiger charge is 2.21. The van der Waals surface area contributed by atoms with Crippen LogP contribution in [0, 0.1) is 0 Å². The van der Waals surface area contributed by atoms with Crippen molar-refractivity contribution in [1.29, 1.82) is 0 Å². The van der Waals surface area contributed by atoms with Crippen LogP contribution in [0.2, 0.25) is 0 Å². The van der Waals surface area contributed by atoms with Gasteiger partial charge in [0.25, 0.3) is 0 Å². The van der Waals surface area contributed by atoms with Crippen LogP contribution < -0.4 is 5.32 Å². The van der Waals surface area contributed by atoms with Gasteiger partial charge in [-0.05, 0) is 30.0 Å². The molecule has 0 fully saturated rings. The van der Waals surface area contributed by atoms with Gasteiger partial charge in [-0.15, -0.1) is 0 Å². The van der Waals surface area contributed by atoms with Crippen molar-refractivity contribution in [3.05, 3.63) is 47.5 Å². The van der Waals surface area contributed by atoms with Gasteiger partial charge in [-0.3, -0.25) is 0 Å². The van der Waals surface area contributed by atoms with Gasteiger partial charge in [0.05, 0.1) is 5.56 Å². The summed E-state index contributed by atoms with van der Waals surface area (Å²) >= 11 is 0. The van der Waals surface area contributed by atoms with E-state index < -0.39 is 0 Å². The first kappa shape index (κ1) is 12.0. The highest BCUT2D eigenvalue weighted by Crippen LogP contribution is 2.33. The molecule has 2 aromatic carbocycles. The highest BCUT2D eigenvalue weighted by atomic mass is 14.9. The summed E-state index contributed by atoms with van der Waals surface area (Å²) in [5, 5.41) is 6.14. The molecule has 3 rings (SSSR count). The Hall–Kier alpha value is -2.09. The number of allylic oxidation sites excluding steroid dienone is 1. The first-order chi connectivity index (χ1) is 9.22. The molecular formula is C17H19N2+. The van der Waals surface area contributed by atoms with E-state index in [0.717, 1.165) is 6.54 Å². The van der Waals surface area contributed by atoms with Crippen molar-refractivity contribution in [2.45, 2.75) is 6.92 Å².